The van der Waals surface area contributed by atoms with Gasteiger partial charge in [0.1, 0.15) is 0 Å². The van der Waals surface area contributed by atoms with E-state index in [9.17, 15) is 8.39 Å². The van der Waals surface area contributed by atoms with Gasteiger partial charge in [0.25, 0.3) is 0 Å². The zero-order chi connectivity index (χ0) is 6.15. The molecule has 0 aromatic rings. The molecule has 0 aliphatic carbocycles. The summed E-state index contributed by atoms with van der Waals surface area (Å²) in [6.07, 6.45) is -5.63. The molecule has 1 nitrogen and oxygen atoms in total. The molecule has 0 N–H and O–H groups in total. The van der Waals surface area contributed by atoms with Crippen LogP contribution in [0.5, 0.6) is 0 Å². The van der Waals surface area contributed by atoms with Gasteiger partial charge in [-0.2, -0.15) is 0 Å². The molecule has 0 aliphatic rings. The molecule has 0 spiro atoms. The van der Waals surface area contributed by atoms with Crippen LogP contribution in [-0.4, -0.2) is 7.11 Å². The molecule has 46 valence electrons. The van der Waals surface area contributed by atoms with E-state index < -0.39 is 6.16 Å². The predicted molar refractivity (Wildman–Crippen MR) is 27.9 cm³/mol. The van der Waals surface area contributed by atoms with Crippen LogP contribution >= 0.6 is 28.6 Å². The second-order valence-corrected chi connectivity index (χ2v) is 6.42. The molecule has 0 rings (SSSR count). The molecule has 6 heteroatoms. The molecule has 0 fully saturated rings. The summed E-state index contributed by atoms with van der Waals surface area (Å²) in [5, 5.41) is 0. The first-order valence-corrected chi connectivity index (χ1v) is 5.01. The zero-order valence-electron chi connectivity index (χ0n) is 3.37. The number of halogens is 4. The second-order valence-electron chi connectivity index (χ2n) is 0.842. The minimum atomic E-state index is -5.63. The fourth-order valence-corrected chi connectivity index (χ4v) is 0. The summed E-state index contributed by atoms with van der Waals surface area (Å²) in [7, 11) is 0.762. The van der Waals surface area contributed by atoms with Crippen molar-refractivity contribution in [2.24, 2.45) is 0 Å². The molecule has 0 aromatic heterocycles. The summed E-state index contributed by atoms with van der Waals surface area (Å²) in [6, 6.07) is 0. The molecule has 0 aliphatic heterocycles. The Morgan fingerprint density at radius 1 is 1.43 bits per heavy atom. The first-order chi connectivity index (χ1) is 2.81. The van der Waals surface area contributed by atoms with E-state index in [0.29, 0.717) is 0 Å². The molecule has 0 bridgehead atoms. The summed E-state index contributed by atoms with van der Waals surface area (Å²) in [4.78, 5) is 0. The van der Waals surface area contributed by atoms with Gasteiger partial charge in [0.15, 0.2) is 0 Å². The van der Waals surface area contributed by atoms with E-state index in [2.05, 4.69) is 27.0 Å². The van der Waals surface area contributed by atoms with Crippen LogP contribution in [0.25, 0.3) is 0 Å². The van der Waals surface area contributed by atoms with E-state index >= 15 is 0 Å². The summed E-state index contributed by atoms with van der Waals surface area (Å²) in [6.45, 7) is 0. The van der Waals surface area contributed by atoms with Gasteiger partial charge in [-0.25, -0.2) is 0 Å². The Morgan fingerprint density at radius 3 is 1.57 bits per heavy atom. The van der Waals surface area contributed by atoms with Gasteiger partial charge in [0.2, 0.25) is 0 Å². The van der Waals surface area contributed by atoms with Gasteiger partial charge >= 0.3 is 48.7 Å². The normalized spacial score (nSPS) is 18.1. The van der Waals surface area contributed by atoms with Gasteiger partial charge in [-0.15, -0.1) is 0 Å². The standard InChI is InChI=1S/CH3Cl2F2OP/c1-6-7(2,3,4)5/h1H3. The van der Waals surface area contributed by atoms with Crippen molar-refractivity contribution in [3.63, 3.8) is 0 Å². The quantitative estimate of drug-likeness (QED) is 0.550. The van der Waals surface area contributed by atoms with Gasteiger partial charge in [0.05, 0.1) is 0 Å². The molecule has 0 aromatic carbocycles. The van der Waals surface area contributed by atoms with Crippen LogP contribution in [0.2, 0.25) is 0 Å². The average Bonchev–Trinajstić information content (AvgIpc) is 1.32. The maximum atomic E-state index is 11.6. The van der Waals surface area contributed by atoms with Crippen molar-refractivity contribution in [3.8, 4) is 0 Å². The monoisotopic (exact) mass is 170 g/mol. The summed E-state index contributed by atoms with van der Waals surface area (Å²) >= 11 is 8.63. The Bertz CT molecular complexity index is 68.2. The molecule has 0 saturated carbocycles. The molecule has 0 heterocycles. The zero-order valence-corrected chi connectivity index (χ0v) is 5.77. The van der Waals surface area contributed by atoms with Crippen molar-refractivity contribution in [1.29, 1.82) is 0 Å². The van der Waals surface area contributed by atoms with Crippen molar-refractivity contribution in [1.82, 2.24) is 0 Å². The minimum absolute atomic E-state index is 0.762. The Labute approximate surface area is 49.4 Å². The van der Waals surface area contributed by atoms with Crippen LogP contribution in [0, 0.1) is 0 Å². The fraction of sp³-hybridized carbons (Fsp3) is 1.00. The van der Waals surface area contributed by atoms with Crippen molar-refractivity contribution >= 4 is 28.6 Å². The predicted octanol–water partition coefficient (Wildman–Crippen LogP) is 3.18. The van der Waals surface area contributed by atoms with Gasteiger partial charge in [-0.3, -0.25) is 0 Å². The molecular formula is CH3Cl2F2OP. The molecule has 0 radical (unpaired) electrons. The van der Waals surface area contributed by atoms with Crippen molar-refractivity contribution < 1.29 is 12.9 Å². The number of hydrogen-bond donors (Lipinski definition) is 0. The molecule has 0 atom stereocenters. The Hall–Kier alpha value is 0.830. The second kappa shape index (κ2) is 1.66. The van der Waals surface area contributed by atoms with Crippen LogP contribution in [0.1, 0.15) is 0 Å². The van der Waals surface area contributed by atoms with Crippen molar-refractivity contribution in [2.45, 2.75) is 0 Å². The average molecular weight is 171 g/mol. The van der Waals surface area contributed by atoms with E-state index in [4.69, 9.17) is 0 Å². The Morgan fingerprint density at radius 2 is 1.57 bits per heavy atom. The van der Waals surface area contributed by atoms with Crippen LogP contribution in [0.4, 0.5) is 8.39 Å². The molecular weight excluding hydrogens is 168 g/mol. The fourth-order valence-electron chi connectivity index (χ4n) is 0. The van der Waals surface area contributed by atoms with Crippen molar-refractivity contribution in [3.05, 3.63) is 0 Å². The summed E-state index contributed by atoms with van der Waals surface area (Å²) in [5.74, 6) is 0. The Balaban J connectivity index is 3.83. The first kappa shape index (κ1) is 7.83. The maximum absolute atomic E-state index is 11.6. The molecule has 0 unspecified atom stereocenters. The van der Waals surface area contributed by atoms with Crippen LogP contribution in [0.15, 0.2) is 0 Å². The van der Waals surface area contributed by atoms with Gasteiger partial charge in [-0.1, -0.05) is 0 Å². The third-order valence-corrected chi connectivity index (χ3v) is 1.66. The first-order valence-electron chi connectivity index (χ1n) is 1.27. The molecule has 0 saturated heterocycles. The SMILES string of the molecule is COP(F)(F)(Cl)Cl. The molecule has 0 amide bonds. The molecule has 7 heavy (non-hydrogen) atoms. The van der Waals surface area contributed by atoms with E-state index in [0.717, 1.165) is 7.11 Å². The van der Waals surface area contributed by atoms with Crippen molar-refractivity contribution in [2.75, 3.05) is 7.11 Å². The van der Waals surface area contributed by atoms with Gasteiger partial charge in [-0.05, 0) is 0 Å². The topological polar surface area (TPSA) is 9.23 Å². The number of rotatable bonds is 1. The van der Waals surface area contributed by atoms with Crippen LogP contribution in [0.3, 0.4) is 0 Å². The van der Waals surface area contributed by atoms with E-state index in [1.54, 1.807) is 0 Å². The third kappa shape index (κ3) is 6.83. The third-order valence-electron chi connectivity index (χ3n) is 0.276. The number of hydrogen-bond acceptors (Lipinski definition) is 1. The van der Waals surface area contributed by atoms with Gasteiger partial charge < -0.3 is 0 Å². The summed E-state index contributed by atoms with van der Waals surface area (Å²) in [5.41, 5.74) is 0. The van der Waals surface area contributed by atoms with E-state index in [1.165, 1.54) is 0 Å². The van der Waals surface area contributed by atoms with Gasteiger partial charge in [0, 0.05) is 0 Å². The Kier molecular flexibility index (Phi) is 1.86. The van der Waals surface area contributed by atoms with Crippen LogP contribution in [-0.2, 0) is 4.52 Å². The summed E-state index contributed by atoms with van der Waals surface area (Å²) < 4.78 is 26.6. The van der Waals surface area contributed by atoms with E-state index in [1.807, 2.05) is 0 Å². The van der Waals surface area contributed by atoms with Crippen LogP contribution < -0.4 is 0 Å². The van der Waals surface area contributed by atoms with E-state index in [-0.39, 0.29) is 0 Å².